The normalized spacial score (nSPS) is 11.8. The fraction of sp³-hybridized carbons (Fsp3) is 0.320. The van der Waals surface area contributed by atoms with Crippen LogP contribution in [0.4, 0.5) is 17.1 Å². The van der Waals surface area contributed by atoms with Crippen LogP contribution >= 0.6 is 0 Å². The number of ketones is 1. The van der Waals surface area contributed by atoms with E-state index >= 15 is 0 Å². The lowest BCUT2D eigenvalue weighted by molar-refractivity contribution is -0.114. The molecule has 15 heteroatoms. The first-order valence-electron chi connectivity index (χ1n) is 21.1. The van der Waals surface area contributed by atoms with Gasteiger partial charge >= 0.3 is 0 Å². The lowest BCUT2D eigenvalue weighted by atomic mass is 9.84. The molecule has 0 saturated heterocycles. The Morgan fingerprint density at radius 1 is 0.631 bits per heavy atom. The molecule has 0 atom stereocenters. The molecule has 5 aromatic carbocycles. The van der Waals surface area contributed by atoms with E-state index in [-0.39, 0.29) is 73.9 Å². The fourth-order valence-corrected chi connectivity index (χ4v) is 8.64. The molecular formula is C50H58N4O10S. The highest BCUT2D eigenvalue weighted by molar-refractivity contribution is 7.89. The highest BCUT2D eigenvalue weighted by Crippen LogP contribution is 2.36. The number of aliphatic hydroxyl groups excluding tert-OH is 2. The Kier molecular flexibility index (Phi) is 16.1. The minimum atomic E-state index is -4.19. The maximum absolute atomic E-state index is 14.5. The van der Waals surface area contributed by atoms with Crippen LogP contribution in [0.3, 0.4) is 0 Å². The van der Waals surface area contributed by atoms with Crippen molar-refractivity contribution in [3.8, 4) is 17.2 Å². The van der Waals surface area contributed by atoms with Gasteiger partial charge in [-0.2, -0.15) is 4.31 Å². The molecule has 14 nitrogen and oxygen atoms in total. The number of aliphatic hydroxyl groups is 2. The number of nitrogens with zero attached hydrogens (tertiary/aromatic N) is 1. The van der Waals surface area contributed by atoms with Crippen LogP contribution in [-0.2, 0) is 27.7 Å². The average Bonchev–Trinajstić information content (AvgIpc) is 3.24. The Morgan fingerprint density at radius 3 is 1.88 bits per heavy atom. The van der Waals surface area contributed by atoms with E-state index in [1.54, 1.807) is 36.4 Å². The van der Waals surface area contributed by atoms with E-state index in [1.807, 2.05) is 12.1 Å². The number of rotatable bonds is 18. The summed E-state index contributed by atoms with van der Waals surface area (Å²) in [6.45, 7) is 12.7. The number of carbonyl (C=O) groups is 4. The molecule has 0 aliphatic carbocycles. The Hall–Kier alpha value is -6.39. The third-order valence-corrected chi connectivity index (χ3v) is 11.8. The van der Waals surface area contributed by atoms with Crippen molar-refractivity contribution in [1.29, 1.82) is 0 Å². The number of amides is 3. The van der Waals surface area contributed by atoms with Gasteiger partial charge in [-0.3, -0.25) is 19.2 Å². The standard InChI is InChI=1S/C50H58N4O10S/c1-32(57)51-42-19-17-36(28-40(42)46(58)39-14-9-10-15-44(39)63-8)53-48(60)41-29-37(52-47(59)34-12-11-13-38(27-34)65(61,62)54(22-24-55)23-25-56)18-21-45(41)64-43-20-16-33(30-49(2,3)4)26-35(43)31-50(5,6)7/h9-21,26-29,55-56H,22-25,30-31H2,1-8H3,(H,51,57)(H,52,59)(H,53,60). The van der Waals surface area contributed by atoms with Gasteiger partial charge in [0.05, 0.1) is 42.0 Å². The smallest absolute Gasteiger partial charge is 0.259 e. The van der Waals surface area contributed by atoms with Gasteiger partial charge in [-0.1, -0.05) is 71.9 Å². The quantitative estimate of drug-likeness (QED) is 0.0533. The van der Waals surface area contributed by atoms with Gasteiger partial charge in [-0.05, 0) is 108 Å². The fourth-order valence-electron chi connectivity index (χ4n) is 7.17. The number of nitrogens with one attached hydrogen (secondary N) is 3. The summed E-state index contributed by atoms with van der Waals surface area (Å²) < 4.78 is 39.7. The molecule has 3 amide bonds. The molecule has 5 rings (SSSR count). The van der Waals surface area contributed by atoms with Crippen LogP contribution in [0.5, 0.6) is 17.2 Å². The maximum Gasteiger partial charge on any atom is 0.259 e. The van der Waals surface area contributed by atoms with Crippen LogP contribution in [0.25, 0.3) is 0 Å². The van der Waals surface area contributed by atoms with Crippen molar-refractivity contribution in [3.05, 3.63) is 137 Å². The molecule has 344 valence electrons. The van der Waals surface area contributed by atoms with Crippen molar-refractivity contribution in [2.45, 2.75) is 66.2 Å². The maximum atomic E-state index is 14.5. The van der Waals surface area contributed by atoms with E-state index < -0.39 is 46.7 Å². The van der Waals surface area contributed by atoms with Gasteiger partial charge in [-0.25, -0.2) is 8.42 Å². The van der Waals surface area contributed by atoms with Gasteiger partial charge in [0.2, 0.25) is 15.9 Å². The van der Waals surface area contributed by atoms with Crippen molar-refractivity contribution >= 4 is 50.6 Å². The largest absolute Gasteiger partial charge is 0.496 e. The number of benzene rings is 5. The van der Waals surface area contributed by atoms with Gasteiger partial charge in [0, 0.05) is 42.5 Å². The summed E-state index contributed by atoms with van der Waals surface area (Å²) in [5, 5.41) is 27.2. The van der Waals surface area contributed by atoms with Crippen molar-refractivity contribution in [2.75, 3.05) is 49.4 Å². The zero-order valence-electron chi connectivity index (χ0n) is 38.1. The van der Waals surface area contributed by atoms with Crippen molar-refractivity contribution in [2.24, 2.45) is 10.8 Å². The molecule has 0 heterocycles. The molecule has 0 spiro atoms. The third kappa shape index (κ3) is 13.3. The first kappa shape index (κ1) is 49.6. The average molecular weight is 907 g/mol. The predicted octanol–water partition coefficient (Wildman–Crippen LogP) is 8.33. The number of anilines is 3. The van der Waals surface area contributed by atoms with Crippen LogP contribution in [0.15, 0.2) is 108 Å². The second-order valence-electron chi connectivity index (χ2n) is 18.0. The SMILES string of the molecule is COc1ccccc1C(=O)c1cc(NC(=O)c2cc(NC(=O)c3cccc(S(=O)(=O)N(CCO)CCO)c3)ccc2Oc2ccc(CC(C)(C)C)cc2CC(C)(C)C)ccc1NC(C)=O. The van der Waals surface area contributed by atoms with Crippen LogP contribution in [0, 0.1) is 10.8 Å². The summed E-state index contributed by atoms with van der Waals surface area (Å²) >= 11 is 0. The number of hydrogen-bond acceptors (Lipinski definition) is 10. The van der Waals surface area contributed by atoms with E-state index in [0.717, 1.165) is 21.9 Å². The summed E-state index contributed by atoms with van der Waals surface area (Å²) in [4.78, 5) is 54.2. The molecule has 0 aliphatic heterocycles. The van der Waals surface area contributed by atoms with Gasteiger partial charge in [0.15, 0.2) is 5.78 Å². The number of para-hydroxylation sites is 1. The molecule has 0 saturated carbocycles. The number of hydrogen-bond donors (Lipinski definition) is 5. The van der Waals surface area contributed by atoms with Crippen LogP contribution in [0.1, 0.15) is 96.2 Å². The topological polar surface area (TPSA) is 201 Å². The molecule has 0 unspecified atom stereocenters. The summed E-state index contributed by atoms with van der Waals surface area (Å²) in [5.41, 5.74) is 2.88. The molecule has 0 bridgehead atoms. The molecular weight excluding hydrogens is 849 g/mol. The van der Waals surface area contributed by atoms with Gasteiger partial charge in [0.1, 0.15) is 17.2 Å². The highest BCUT2D eigenvalue weighted by atomic mass is 32.2. The molecule has 0 aliphatic rings. The van der Waals surface area contributed by atoms with E-state index in [2.05, 4.69) is 63.6 Å². The zero-order chi connectivity index (χ0) is 47.7. The molecule has 65 heavy (non-hydrogen) atoms. The minimum absolute atomic E-state index is 0.00629. The first-order valence-corrected chi connectivity index (χ1v) is 22.5. The van der Waals surface area contributed by atoms with E-state index in [1.165, 1.54) is 62.6 Å². The highest BCUT2D eigenvalue weighted by Gasteiger charge is 2.26. The molecule has 5 N–H and O–H groups in total. The van der Waals surface area contributed by atoms with Crippen molar-refractivity contribution < 1.29 is 47.3 Å². The minimum Gasteiger partial charge on any atom is -0.496 e. The van der Waals surface area contributed by atoms with Crippen LogP contribution in [0.2, 0.25) is 0 Å². The van der Waals surface area contributed by atoms with Crippen LogP contribution in [-0.4, -0.2) is 79.9 Å². The third-order valence-electron chi connectivity index (χ3n) is 9.90. The zero-order valence-corrected chi connectivity index (χ0v) is 38.9. The van der Waals surface area contributed by atoms with Gasteiger partial charge < -0.3 is 35.6 Å². The summed E-state index contributed by atoms with van der Waals surface area (Å²) in [5.74, 6) is -1.23. The Labute approximate surface area is 381 Å². The first-order chi connectivity index (χ1) is 30.6. The number of carbonyl (C=O) groups excluding carboxylic acids is 4. The second kappa shape index (κ2) is 21.1. The van der Waals surface area contributed by atoms with E-state index in [0.29, 0.717) is 17.9 Å². The summed E-state index contributed by atoms with van der Waals surface area (Å²) in [6, 6.07) is 27.0. The van der Waals surface area contributed by atoms with E-state index in [4.69, 9.17) is 9.47 Å². The van der Waals surface area contributed by atoms with Crippen molar-refractivity contribution in [3.63, 3.8) is 0 Å². The Bertz CT molecular complexity index is 2660. The number of sulfonamides is 1. The predicted molar refractivity (Wildman–Crippen MR) is 252 cm³/mol. The van der Waals surface area contributed by atoms with E-state index in [9.17, 15) is 37.8 Å². The van der Waals surface area contributed by atoms with Gasteiger partial charge in [0.25, 0.3) is 11.8 Å². The molecule has 0 aromatic heterocycles. The van der Waals surface area contributed by atoms with Crippen LogP contribution < -0.4 is 25.4 Å². The molecule has 0 fully saturated rings. The van der Waals surface area contributed by atoms with Gasteiger partial charge in [-0.15, -0.1) is 0 Å². The number of ether oxygens (including phenoxy) is 2. The number of methoxy groups -OCH3 is 1. The second-order valence-corrected chi connectivity index (χ2v) is 19.9. The summed E-state index contributed by atoms with van der Waals surface area (Å²) in [6.07, 6.45) is 1.49. The lowest BCUT2D eigenvalue weighted by Crippen LogP contribution is -2.36. The molecule has 0 radical (unpaired) electrons. The Morgan fingerprint density at radius 2 is 1.25 bits per heavy atom. The Balaban J connectivity index is 1.57. The lowest BCUT2D eigenvalue weighted by Gasteiger charge is -2.24. The monoisotopic (exact) mass is 906 g/mol. The van der Waals surface area contributed by atoms with Crippen molar-refractivity contribution in [1.82, 2.24) is 4.31 Å². The molecule has 5 aromatic rings. The summed E-state index contributed by atoms with van der Waals surface area (Å²) in [7, 11) is -2.75.